The molecule has 0 spiro atoms. The molecule has 1 N–H and O–H groups in total. The molecule has 0 unspecified atom stereocenters. The molecule has 0 aromatic heterocycles. The van der Waals surface area contributed by atoms with Crippen LogP contribution in [0.3, 0.4) is 0 Å². The van der Waals surface area contributed by atoms with Crippen LogP contribution in [-0.4, -0.2) is 7.11 Å². The van der Waals surface area contributed by atoms with Gasteiger partial charge in [-0.3, -0.25) is 0 Å². The third kappa shape index (κ3) is 2.91. The number of nitrogens with one attached hydrogen (secondary N) is 1. The SMILES string of the molecule is CONCc1cc(F)c(Br)c(Cl)c1. The maximum Gasteiger partial charge on any atom is 0.139 e. The normalized spacial score (nSPS) is 10.5. The van der Waals surface area contributed by atoms with Crippen molar-refractivity contribution in [3.63, 3.8) is 0 Å². The smallest absolute Gasteiger partial charge is 0.139 e. The van der Waals surface area contributed by atoms with Crippen LogP contribution in [0.25, 0.3) is 0 Å². The van der Waals surface area contributed by atoms with Crippen LogP contribution in [0.15, 0.2) is 16.6 Å². The number of hydrogen-bond donors (Lipinski definition) is 1. The molecule has 0 aliphatic heterocycles. The van der Waals surface area contributed by atoms with E-state index < -0.39 is 0 Å². The second-order valence-electron chi connectivity index (χ2n) is 2.40. The largest absolute Gasteiger partial charge is 0.305 e. The number of halogens is 3. The quantitative estimate of drug-likeness (QED) is 0.672. The molecule has 0 radical (unpaired) electrons. The van der Waals surface area contributed by atoms with Crippen LogP contribution < -0.4 is 5.48 Å². The summed E-state index contributed by atoms with van der Waals surface area (Å²) in [6, 6.07) is 3.06. The zero-order valence-electron chi connectivity index (χ0n) is 6.90. The van der Waals surface area contributed by atoms with E-state index >= 15 is 0 Å². The van der Waals surface area contributed by atoms with Crippen molar-refractivity contribution < 1.29 is 9.23 Å². The Bertz CT molecular complexity index is 285. The number of hydrogen-bond acceptors (Lipinski definition) is 2. The van der Waals surface area contributed by atoms with Gasteiger partial charge in [0.15, 0.2) is 0 Å². The third-order valence-electron chi connectivity index (χ3n) is 1.46. The fourth-order valence-electron chi connectivity index (χ4n) is 0.866. The van der Waals surface area contributed by atoms with Crippen molar-refractivity contribution >= 4 is 27.5 Å². The van der Waals surface area contributed by atoms with E-state index in [9.17, 15) is 4.39 Å². The van der Waals surface area contributed by atoms with E-state index in [0.717, 1.165) is 5.56 Å². The molecule has 0 aliphatic carbocycles. The highest BCUT2D eigenvalue weighted by atomic mass is 79.9. The summed E-state index contributed by atoms with van der Waals surface area (Å²) < 4.78 is 13.4. The van der Waals surface area contributed by atoms with Gasteiger partial charge in [-0.1, -0.05) is 11.6 Å². The minimum atomic E-state index is -0.375. The van der Waals surface area contributed by atoms with Gasteiger partial charge in [-0.05, 0) is 33.6 Å². The van der Waals surface area contributed by atoms with Crippen molar-refractivity contribution in [2.75, 3.05) is 7.11 Å². The maximum atomic E-state index is 13.1. The molecule has 0 saturated carbocycles. The molecule has 5 heteroatoms. The van der Waals surface area contributed by atoms with Gasteiger partial charge in [-0.15, -0.1) is 0 Å². The Kier molecular flexibility index (Phi) is 4.12. The molecule has 1 aromatic carbocycles. The van der Waals surface area contributed by atoms with Gasteiger partial charge in [-0.2, -0.15) is 5.48 Å². The zero-order valence-corrected chi connectivity index (χ0v) is 9.25. The van der Waals surface area contributed by atoms with Crippen molar-refractivity contribution in [3.8, 4) is 0 Å². The van der Waals surface area contributed by atoms with Gasteiger partial charge in [-0.25, -0.2) is 4.39 Å². The summed E-state index contributed by atoms with van der Waals surface area (Å²) in [5.41, 5.74) is 3.33. The van der Waals surface area contributed by atoms with Gasteiger partial charge in [0.25, 0.3) is 0 Å². The van der Waals surface area contributed by atoms with Crippen molar-refractivity contribution in [2.45, 2.75) is 6.54 Å². The van der Waals surface area contributed by atoms with Gasteiger partial charge < -0.3 is 4.84 Å². The van der Waals surface area contributed by atoms with Crippen molar-refractivity contribution in [1.82, 2.24) is 5.48 Å². The van der Waals surface area contributed by atoms with Gasteiger partial charge >= 0.3 is 0 Å². The van der Waals surface area contributed by atoms with Crippen LogP contribution in [0.5, 0.6) is 0 Å². The minimum Gasteiger partial charge on any atom is -0.305 e. The standard InChI is InChI=1S/C8H8BrClFNO/c1-13-12-4-5-2-6(10)8(9)7(11)3-5/h2-3,12H,4H2,1H3. The molecular weight excluding hydrogens is 260 g/mol. The van der Waals surface area contributed by atoms with Crippen molar-refractivity contribution in [1.29, 1.82) is 0 Å². The first-order chi connectivity index (χ1) is 6.15. The second kappa shape index (κ2) is 4.91. The Morgan fingerprint density at radius 1 is 1.62 bits per heavy atom. The molecule has 0 atom stereocenters. The van der Waals surface area contributed by atoms with Gasteiger partial charge in [0, 0.05) is 6.54 Å². The molecule has 0 fully saturated rings. The van der Waals surface area contributed by atoms with Gasteiger partial charge in [0.1, 0.15) is 5.82 Å². The van der Waals surface area contributed by atoms with E-state index in [1.807, 2.05) is 0 Å². The third-order valence-corrected chi connectivity index (χ3v) is 2.80. The first-order valence-corrected chi connectivity index (χ1v) is 4.71. The predicted octanol–water partition coefficient (Wildman–Crippen LogP) is 2.89. The summed E-state index contributed by atoms with van der Waals surface area (Å²) in [7, 11) is 1.50. The lowest BCUT2D eigenvalue weighted by atomic mass is 10.2. The highest BCUT2D eigenvalue weighted by Crippen LogP contribution is 2.26. The Morgan fingerprint density at radius 2 is 2.31 bits per heavy atom. The van der Waals surface area contributed by atoms with Crippen LogP contribution >= 0.6 is 27.5 Å². The highest BCUT2D eigenvalue weighted by Gasteiger charge is 2.06. The average Bonchev–Trinajstić information content (AvgIpc) is 2.10. The van der Waals surface area contributed by atoms with Crippen LogP contribution in [-0.2, 0) is 11.4 Å². The van der Waals surface area contributed by atoms with E-state index in [0.29, 0.717) is 11.6 Å². The lowest BCUT2D eigenvalue weighted by Gasteiger charge is -2.04. The first-order valence-electron chi connectivity index (χ1n) is 3.54. The van der Waals surface area contributed by atoms with Crippen molar-refractivity contribution in [3.05, 3.63) is 33.0 Å². The monoisotopic (exact) mass is 267 g/mol. The topological polar surface area (TPSA) is 21.3 Å². The summed E-state index contributed by atoms with van der Waals surface area (Å²) in [6.07, 6.45) is 0. The van der Waals surface area contributed by atoms with Crippen LogP contribution in [0, 0.1) is 5.82 Å². The molecule has 72 valence electrons. The van der Waals surface area contributed by atoms with E-state index in [1.54, 1.807) is 6.07 Å². The summed E-state index contributed by atoms with van der Waals surface area (Å²) in [4.78, 5) is 4.63. The summed E-state index contributed by atoms with van der Waals surface area (Å²) >= 11 is 8.77. The van der Waals surface area contributed by atoms with E-state index in [4.69, 9.17) is 11.6 Å². The Labute approximate surface area is 89.1 Å². The Hall–Kier alpha value is -0.160. The lowest BCUT2D eigenvalue weighted by Crippen LogP contribution is -2.10. The molecule has 1 rings (SSSR count). The molecule has 0 saturated heterocycles. The molecule has 0 aliphatic rings. The summed E-state index contributed by atoms with van der Waals surface area (Å²) in [6.45, 7) is 0.417. The number of hydroxylamine groups is 1. The molecule has 2 nitrogen and oxygen atoms in total. The van der Waals surface area contributed by atoms with Crippen molar-refractivity contribution in [2.24, 2.45) is 0 Å². The molecule has 0 bridgehead atoms. The minimum absolute atomic E-state index is 0.287. The maximum absolute atomic E-state index is 13.1. The fraction of sp³-hybridized carbons (Fsp3) is 0.250. The number of rotatable bonds is 3. The fourth-order valence-corrected chi connectivity index (χ4v) is 1.32. The Morgan fingerprint density at radius 3 is 2.85 bits per heavy atom. The highest BCUT2D eigenvalue weighted by molar-refractivity contribution is 9.10. The summed E-state index contributed by atoms with van der Waals surface area (Å²) in [5, 5.41) is 0.355. The molecule has 0 amide bonds. The average molecular weight is 269 g/mol. The first kappa shape index (κ1) is 10.9. The molecule has 0 heterocycles. The lowest BCUT2D eigenvalue weighted by molar-refractivity contribution is 0.0866. The van der Waals surface area contributed by atoms with Gasteiger partial charge in [0.2, 0.25) is 0 Å². The van der Waals surface area contributed by atoms with Gasteiger partial charge in [0.05, 0.1) is 16.6 Å². The predicted molar refractivity (Wildman–Crippen MR) is 53.0 cm³/mol. The molecule has 13 heavy (non-hydrogen) atoms. The Balaban J connectivity index is 2.86. The van der Waals surface area contributed by atoms with E-state index in [-0.39, 0.29) is 10.3 Å². The van der Waals surface area contributed by atoms with Crippen LogP contribution in [0.2, 0.25) is 5.02 Å². The molecular formula is C8H8BrClFNO. The van der Waals surface area contributed by atoms with Crippen LogP contribution in [0.1, 0.15) is 5.56 Å². The van der Waals surface area contributed by atoms with E-state index in [1.165, 1.54) is 13.2 Å². The zero-order chi connectivity index (χ0) is 9.84. The molecule has 1 aromatic rings. The summed E-state index contributed by atoms with van der Waals surface area (Å²) in [5.74, 6) is -0.375. The second-order valence-corrected chi connectivity index (χ2v) is 3.60. The number of benzene rings is 1. The van der Waals surface area contributed by atoms with Crippen LogP contribution in [0.4, 0.5) is 4.39 Å². The van der Waals surface area contributed by atoms with E-state index in [2.05, 4.69) is 26.2 Å².